The summed E-state index contributed by atoms with van der Waals surface area (Å²) in [5, 5.41) is 14.2. The third kappa shape index (κ3) is 7.22. The molecule has 0 bridgehead atoms. The number of nitriles is 1. The molecule has 0 radical (unpaired) electrons. The van der Waals surface area contributed by atoms with Gasteiger partial charge in [-0.2, -0.15) is 31.6 Å². The molecule has 1 saturated heterocycles. The zero-order chi connectivity index (χ0) is 27.4. The number of anilines is 1. The molecule has 0 aromatic heterocycles. The number of halogens is 6. The first-order valence-electron chi connectivity index (χ1n) is 11.4. The molecule has 3 atom stereocenters. The van der Waals surface area contributed by atoms with Crippen molar-refractivity contribution < 1.29 is 35.9 Å². The van der Waals surface area contributed by atoms with E-state index in [4.69, 9.17) is 0 Å². The number of rotatable bonds is 7. The zero-order valence-corrected chi connectivity index (χ0v) is 19.7. The van der Waals surface area contributed by atoms with E-state index in [0.717, 1.165) is 30.3 Å². The Hall–Kier alpha value is -3.59. The van der Waals surface area contributed by atoms with Gasteiger partial charge in [0.15, 0.2) is 0 Å². The van der Waals surface area contributed by atoms with Crippen LogP contribution < -0.4 is 10.6 Å². The van der Waals surface area contributed by atoms with Gasteiger partial charge in [0, 0.05) is 18.7 Å². The second-order valence-corrected chi connectivity index (χ2v) is 8.69. The van der Waals surface area contributed by atoms with Gasteiger partial charge in [-0.1, -0.05) is 25.1 Å². The van der Waals surface area contributed by atoms with Crippen LogP contribution in [0.5, 0.6) is 0 Å². The molecule has 198 valence electrons. The Labute approximate surface area is 209 Å². The van der Waals surface area contributed by atoms with Crippen molar-refractivity contribution in [2.24, 2.45) is 5.92 Å². The quantitative estimate of drug-likeness (QED) is 0.516. The van der Waals surface area contributed by atoms with Crippen LogP contribution >= 0.6 is 0 Å². The molecule has 12 heteroatoms. The van der Waals surface area contributed by atoms with Crippen LogP contribution in [-0.4, -0.2) is 41.9 Å². The van der Waals surface area contributed by atoms with E-state index in [1.807, 2.05) is 0 Å². The van der Waals surface area contributed by atoms with E-state index in [-0.39, 0.29) is 24.4 Å². The highest BCUT2D eigenvalue weighted by Crippen LogP contribution is 2.31. The Balaban J connectivity index is 1.83. The van der Waals surface area contributed by atoms with Crippen molar-refractivity contribution in [2.75, 3.05) is 18.4 Å². The summed E-state index contributed by atoms with van der Waals surface area (Å²) in [6.07, 6.45) is -9.18. The van der Waals surface area contributed by atoms with Crippen molar-refractivity contribution in [1.82, 2.24) is 10.2 Å². The number of likely N-dealkylation sites (N-methyl/N-ethyl adjacent to an activating group) is 1. The largest absolute Gasteiger partial charge is 0.416 e. The lowest BCUT2D eigenvalue weighted by molar-refractivity contribution is -0.138. The summed E-state index contributed by atoms with van der Waals surface area (Å²) < 4.78 is 77.9. The van der Waals surface area contributed by atoms with E-state index >= 15 is 0 Å². The molecule has 2 amide bonds. The monoisotopic (exact) mass is 526 g/mol. The fourth-order valence-electron chi connectivity index (χ4n) is 4.16. The smallest absolute Gasteiger partial charge is 0.343 e. The molecule has 0 saturated carbocycles. The van der Waals surface area contributed by atoms with E-state index in [1.54, 1.807) is 11.8 Å². The zero-order valence-electron chi connectivity index (χ0n) is 19.7. The Morgan fingerprint density at radius 3 is 2.27 bits per heavy atom. The Morgan fingerprint density at radius 2 is 1.70 bits per heavy atom. The minimum absolute atomic E-state index is 0.160. The third-order valence-electron chi connectivity index (χ3n) is 6.11. The summed E-state index contributed by atoms with van der Waals surface area (Å²) in [7, 11) is 0. The molecular weight excluding hydrogens is 502 g/mol. The number of nitrogens with zero attached hydrogens (tertiary/aromatic N) is 2. The van der Waals surface area contributed by atoms with Gasteiger partial charge in [-0.3, -0.25) is 14.5 Å². The summed E-state index contributed by atoms with van der Waals surface area (Å²) in [5.74, 6) is -1.79. The van der Waals surface area contributed by atoms with Crippen LogP contribution in [0.25, 0.3) is 0 Å². The maximum Gasteiger partial charge on any atom is 0.416 e. The Bertz CT molecular complexity index is 1160. The second-order valence-electron chi connectivity index (χ2n) is 8.69. The predicted molar refractivity (Wildman–Crippen MR) is 122 cm³/mol. The lowest BCUT2D eigenvalue weighted by Crippen LogP contribution is -2.51. The van der Waals surface area contributed by atoms with Gasteiger partial charge in [0.05, 0.1) is 29.2 Å². The Morgan fingerprint density at radius 1 is 1.05 bits per heavy atom. The summed E-state index contributed by atoms with van der Waals surface area (Å²) in [4.78, 5) is 27.9. The number of nitrogens with one attached hydrogen (secondary N) is 2. The number of hydrogen-bond acceptors (Lipinski definition) is 4. The van der Waals surface area contributed by atoms with Gasteiger partial charge in [-0.05, 0) is 48.9 Å². The highest BCUT2D eigenvalue weighted by molar-refractivity contribution is 5.98. The van der Waals surface area contributed by atoms with Gasteiger partial charge in [0.2, 0.25) is 11.8 Å². The van der Waals surface area contributed by atoms with Gasteiger partial charge in [0.1, 0.15) is 6.04 Å². The average molecular weight is 526 g/mol. The van der Waals surface area contributed by atoms with E-state index < -0.39 is 47.4 Å². The van der Waals surface area contributed by atoms with Crippen LogP contribution in [0.2, 0.25) is 0 Å². The first-order valence-corrected chi connectivity index (χ1v) is 11.4. The lowest BCUT2D eigenvalue weighted by atomic mass is 10.0. The number of amides is 2. The topological polar surface area (TPSA) is 85.2 Å². The van der Waals surface area contributed by atoms with E-state index in [9.17, 15) is 41.2 Å². The lowest BCUT2D eigenvalue weighted by Gasteiger charge is -2.25. The van der Waals surface area contributed by atoms with Crippen molar-refractivity contribution in [1.29, 1.82) is 5.26 Å². The molecule has 1 fully saturated rings. The maximum atomic E-state index is 13.1. The van der Waals surface area contributed by atoms with Crippen molar-refractivity contribution in [3.05, 3.63) is 65.2 Å². The van der Waals surface area contributed by atoms with Crippen molar-refractivity contribution in [3.8, 4) is 6.07 Å². The minimum atomic E-state index is -4.64. The molecule has 2 aromatic carbocycles. The molecule has 3 unspecified atom stereocenters. The normalized spacial score (nSPS) is 19.2. The van der Waals surface area contributed by atoms with Gasteiger partial charge in [-0.25, -0.2) is 0 Å². The SMILES string of the molecule is CCN1CC(C#N)CC1C(=O)NC(Cc1ccc(C(F)(F)F)cc1)C(=O)Nc1cccc(C(F)(F)F)c1. The van der Waals surface area contributed by atoms with Crippen molar-refractivity contribution in [2.45, 2.75) is 44.2 Å². The molecule has 3 rings (SSSR count). The fourth-order valence-corrected chi connectivity index (χ4v) is 4.16. The van der Waals surface area contributed by atoms with Gasteiger partial charge in [0.25, 0.3) is 0 Å². The molecule has 6 nitrogen and oxygen atoms in total. The molecule has 37 heavy (non-hydrogen) atoms. The fraction of sp³-hybridized carbons (Fsp3) is 0.400. The number of benzene rings is 2. The number of likely N-dealkylation sites (tertiary alicyclic amines) is 1. The first-order chi connectivity index (χ1) is 17.3. The molecule has 2 aromatic rings. The molecule has 1 heterocycles. The third-order valence-corrected chi connectivity index (χ3v) is 6.11. The van der Waals surface area contributed by atoms with Crippen LogP contribution in [0.1, 0.15) is 30.0 Å². The summed E-state index contributed by atoms with van der Waals surface area (Å²) in [6.45, 7) is 2.64. The molecular formula is C25H24F6N4O2. The van der Waals surface area contributed by atoms with Crippen LogP contribution in [-0.2, 0) is 28.4 Å². The summed E-state index contributed by atoms with van der Waals surface area (Å²) in [5.41, 5.74) is -1.74. The minimum Gasteiger partial charge on any atom is -0.343 e. The van der Waals surface area contributed by atoms with Gasteiger partial charge >= 0.3 is 12.4 Å². The van der Waals surface area contributed by atoms with E-state index in [0.29, 0.717) is 18.7 Å². The maximum absolute atomic E-state index is 13.1. The predicted octanol–water partition coefficient (Wildman–Crippen LogP) is 4.62. The molecule has 0 aliphatic carbocycles. The second kappa shape index (κ2) is 11.2. The summed E-state index contributed by atoms with van der Waals surface area (Å²) >= 11 is 0. The van der Waals surface area contributed by atoms with E-state index in [2.05, 4.69) is 16.7 Å². The molecule has 2 N–H and O–H groups in total. The molecule has 1 aliphatic heterocycles. The highest BCUT2D eigenvalue weighted by atomic mass is 19.4. The van der Waals surface area contributed by atoms with Crippen molar-refractivity contribution in [3.63, 3.8) is 0 Å². The number of hydrogen-bond donors (Lipinski definition) is 2. The first kappa shape index (κ1) is 28.0. The van der Waals surface area contributed by atoms with Crippen LogP contribution in [0.15, 0.2) is 48.5 Å². The highest BCUT2D eigenvalue weighted by Gasteiger charge is 2.38. The van der Waals surface area contributed by atoms with Gasteiger partial charge < -0.3 is 10.6 Å². The van der Waals surface area contributed by atoms with Gasteiger partial charge in [-0.15, -0.1) is 0 Å². The number of carbonyl (C=O) groups is 2. The van der Waals surface area contributed by atoms with E-state index in [1.165, 1.54) is 18.2 Å². The van der Waals surface area contributed by atoms with Crippen molar-refractivity contribution >= 4 is 17.5 Å². The molecule has 1 aliphatic rings. The molecule has 0 spiro atoms. The standard InChI is InChI=1S/C25H24F6N4O2/c1-2-35-14-16(13-32)11-21(35)23(37)34-20(10-15-6-8-17(9-7-15)24(26,27)28)22(36)33-19-5-3-4-18(12-19)25(29,30)31/h3-9,12,16,20-21H,2,10-11,14H2,1H3,(H,33,36)(H,34,37). The average Bonchev–Trinajstić information content (AvgIpc) is 3.27. The van der Waals surface area contributed by atoms with Crippen LogP contribution in [0.4, 0.5) is 32.0 Å². The summed E-state index contributed by atoms with van der Waals surface area (Å²) in [6, 6.07) is 8.05. The van der Waals surface area contributed by atoms with Crippen LogP contribution in [0, 0.1) is 17.2 Å². The van der Waals surface area contributed by atoms with Crippen LogP contribution in [0.3, 0.4) is 0 Å². The number of alkyl halides is 6. The number of carbonyl (C=O) groups excluding carboxylic acids is 2. The Kier molecular flexibility index (Phi) is 8.48.